The van der Waals surface area contributed by atoms with Gasteiger partial charge in [0.25, 0.3) is 5.95 Å². The van der Waals surface area contributed by atoms with Gasteiger partial charge in [-0.05, 0) is 12.3 Å². The molecule has 2 heterocycles. The lowest BCUT2D eigenvalue weighted by atomic mass is 9.83. The molecule has 2 aromatic rings. The Labute approximate surface area is 115 Å². The molecule has 9 heteroatoms. The second-order valence-electron chi connectivity index (χ2n) is 4.66. The standard InChI is InChI=1S/C11H16N8O/c12-18-9-15-10(19-7-13-6-14-19)17-11(16-9)20-5-4-8-2-1-3-8/h6-8H,1-5,12H2,(H,15,16,17,18). The third-order valence-electron chi connectivity index (χ3n) is 3.34. The largest absolute Gasteiger partial charge is 0.463 e. The number of nitrogens with one attached hydrogen (secondary N) is 1. The topological polar surface area (TPSA) is 117 Å². The zero-order chi connectivity index (χ0) is 13.8. The highest BCUT2D eigenvalue weighted by atomic mass is 16.5. The first kappa shape index (κ1) is 12.7. The Morgan fingerprint density at radius 3 is 2.90 bits per heavy atom. The molecule has 1 saturated carbocycles. The predicted molar refractivity (Wildman–Crippen MR) is 70.0 cm³/mol. The number of ether oxygens (including phenoxy) is 1. The van der Waals surface area contributed by atoms with Gasteiger partial charge in [-0.3, -0.25) is 5.43 Å². The summed E-state index contributed by atoms with van der Waals surface area (Å²) in [5, 5.41) is 3.96. The van der Waals surface area contributed by atoms with Gasteiger partial charge < -0.3 is 4.74 Å². The molecule has 0 saturated heterocycles. The molecule has 2 aromatic heterocycles. The SMILES string of the molecule is NNc1nc(OCCC2CCC2)nc(-n2cncn2)n1. The third-order valence-corrected chi connectivity index (χ3v) is 3.34. The Morgan fingerprint density at radius 2 is 2.25 bits per heavy atom. The molecule has 1 aliphatic carbocycles. The lowest BCUT2D eigenvalue weighted by Crippen LogP contribution is -2.17. The number of nitrogens with zero attached hydrogens (tertiary/aromatic N) is 6. The van der Waals surface area contributed by atoms with E-state index >= 15 is 0 Å². The van der Waals surface area contributed by atoms with Crippen LogP contribution in [0.3, 0.4) is 0 Å². The van der Waals surface area contributed by atoms with E-state index in [1.54, 1.807) is 0 Å². The van der Waals surface area contributed by atoms with Gasteiger partial charge in [0.05, 0.1) is 6.61 Å². The summed E-state index contributed by atoms with van der Waals surface area (Å²) in [6, 6.07) is 0.234. The van der Waals surface area contributed by atoms with Crippen molar-refractivity contribution in [1.82, 2.24) is 29.7 Å². The highest BCUT2D eigenvalue weighted by Gasteiger charge is 2.17. The van der Waals surface area contributed by atoms with Crippen molar-refractivity contribution in [3.63, 3.8) is 0 Å². The molecule has 0 spiro atoms. The highest BCUT2D eigenvalue weighted by molar-refractivity contribution is 5.27. The minimum absolute atomic E-state index is 0.226. The molecule has 0 aliphatic heterocycles. The number of hydrogen-bond donors (Lipinski definition) is 2. The van der Waals surface area contributed by atoms with Crippen LogP contribution < -0.4 is 16.0 Å². The Hall–Kier alpha value is -2.29. The fourth-order valence-corrected chi connectivity index (χ4v) is 1.99. The Balaban J connectivity index is 1.70. The van der Waals surface area contributed by atoms with Gasteiger partial charge in [0.2, 0.25) is 5.95 Å². The van der Waals surface area contributed by atoms with Crippen molar-refractivity contribution in [2.45, 2.75) is 25.7 Å². The lowest BCUT2D eigenvalue weighted by molar-refractivity contribution is 0.211. The molecule has 0 atom stereocenters. The van der Waals surface area contributed by atoms with Crippen LogP contribution in [0, 0.1) is 5.92 Å². The van der Waals surface area contributed by atoms with E-state index in [0.717, 1.165) is 12.3 Å². The quantitative estimate of drug-likeness (QED) is 0.571. The average Bonchev–Trinajstić information content (AvgIpc) is 2.95. The van der Waals surface area contributed by atoms with Crippen LogP contribution >= 0.6 is 0 Å². The molecule has 3 rings (SSSR count). The van der Waals surface area contributed by atoms with Crippen LogP contribution in [-0.2, 0) is 0 Å². The van der Waals surface area contributed by atoms with Crippen LogP contribution in [0.2, 0.25) is 0 Å². The molecule has 0 radical (unpaired) electrons. The van der Waals surface area contributed by atoms with E-state index in [1.807, 2.05) is 0 Å². The molecular weight excluding hydrogens is 260 g/mol. The average molecular weight is 276 g/mol. The van der Waals surface area contributed by atoms with Crippen LogP contribution in [-0.4, -0.2) is 36.3 Å². The summed E-state index contributed by atoms with van der Waals surface area (Å²) < 4.78 is 6.99. The van der Waals surface area contributed by atoms with Gasteiger partial charge in [0, 0.05) is 0 Å². The second kappa shape index (κ2) is 5.78. The summed E-state index contributed by atoms with van der Waals surface area (Å²) >= 11 is 0. The zero-order valence-corrected chi connectivity index (χ0v) is 10.9. The maximum atomic E-state index is 5.57. The number of nitrogens with two attached hydrogens (primary N) is 1. The van der Waals surface area contributed by atoms with E-state index in [1.165, 1.54) is 36.6 Å². The van der Waals surface area contributed by atoms with Gasteiger partial charge in [-0.2, -0.15) is 24.7 Å². The fraction of sp³-hybridized carbons (Fsp3) is 0.545. The van der Waals surface area contributed by atoms with Crippen molar-refractivity contribution >= 4 is 5.95 Å². The summed E-state index contributed by atoms with van der Waals surface area (Å²) in [6.45, 7) is 0.593. The Kier molecular flexibility index (Phi) is 3.68. The molecular formula is C11H16N8O. The van der Waals surface area contributed by atoms with E-state index in [9.17, 15) is 0 Å². The van der Waals surface area contributed by atoms with E-state index < -0.39 is 0 Å². The van der Waals surface area contributed by atoms with Gasteiger partial charge in [-0.15, -0.1) is 0 Å². The van der Waals surface area contributed by atoms with Gasteiger partial charge in [-0.25, -0.2) is 10.8 Å². The summed E-state index contributed by atoms with van der Waals surface area (Å²) in [5.41, 5.74) is 2.39. The van der Waals surface area contributed by atoms with Gasteiger partial charge in [-0.1, -0.05) is 19.3 Å². The van der Waals surface area contributed by atoms with E-state index in [-0.39, 0.29) is 12.0 Å². The van der Waals surface area contributed by atoms with Crippen molar-refractivity contribution in [3.8, 4) is 12.0 Å². The number of anilines is 1. The van der Waals surface area contributed by atoms with Gasteiger partial charge in [0.15, 0.2) is 0 Å². The van der Waals surface area contributed by atoms with Crippen molar-refractivity contribution in [2.75, 3.05) is 12.0 Å². The molecule has 106 valence electrons. The monoisotopic (exact) mass is 276 g/mol. The summed E-state index contributed by atoms with van der Waals surface area (Å²) in [5.74, 6) is 6.66. The van der Waals surface area contributed by atoms with Crippen LogP contribution in [0.15, 0.2) is 12.7 Å². The normalized spacial score (nSPS) is 14.8. The van der Waals surface area contributed by atoms with Crippen LogP contribution in [0.5, 0.6) is 6.01 Å². The van der Waals surface area contributed by atoms with E-state index in [0.29, 0.717) is 12.6 Å². The van der Waals surface area contributed by atoms with E-state index in [2.05, 4.69) is 30.5 Å². The van der Waals surface area contributed by atoms with Crippen molar-refractivity contribution in [3.05, 3.63) is 12.7 Å². The van der Waals surface area contributed by atoms with Gasteiger partial charge >= 0.3 is 6.01 Å². The zero-order valence-electron chi connectivity index (χ0n) is 10.9. The molecule has 1 aliphatic rings. The number of rotatable bonds is 6. The molecule has 0 bridgehead atoms. The lowest BCUT2D eigenvalue weighted by Gasteiger charge is -2.24. The van der Waals surface area contributed by atoms with Crippen molar-refractivity contribution in [2.24, 2.45) is 11.8 Å². The van der Waals surface area contributed by atoms with E-state index in [4.69, 9.17) is 10.6 Å². The fourth-order valence-electron chi connectivity index (χ4n) is 1.99. The summed E-state index contributed by atoms with van der Waals surface area (Å²) in [7, 11) is 0. The highest BCUT2D eigenvalue weighted by Crippen LogP contribution is 2.29. The molecule has 1 fully saturated rings. The maximum Gasteiger partial charge on any atom is 0.323 e. The maximum absolute atomic E-state index is 5.57. The molecule has 0 aromatic carbocycles. The van der Waals surface area contributed by atoms with Crippen LogP contribution in [0.1, 0.15) is 25.7 Å². The Bertz CT molecular complexity index is 554. The third kappa shape index (κ3) is 2.82. The molecule has 0 unspecified atom stereocenters. The minimum Gasteiger partial charge on any atom is -0.463 e. The Morgan fingerprint density at radius 1 is 1.35 bits per heavy atom. The number of hydrazine groups is 1. The van der Waals surface area contributed by atoms with Gasteiger partial charge in [0.1, 0.15) is 12.7 Å². The number of aromatic nitrogens is 6. The first-order valence-corrected chi connectivity index (χ1v) is 6.55. The first-order chi connectivity index (χ1) is 9.85. The smallest absolute Gasteiger partial charge is 0.323 e. The summed E-state index contributed by atoms with van der Waals surface area (Å²) in [6.07, 6.45) is 7.83. The van der Waals surface area contributed by atoms with Crippen molar-refractivity contribution in [1.29, 1.82) is 0 Å². The molecule has 0 amide bonds. The first-order valence-electron chi connectivity index (χ1n) is 6.55. The molecule has 3 N–H and O–H groups in total. The second-order valence-corrected chi connectivity index (χ2v) is 4.66. The summed E-state index contributed by atoms with van der Waals surface area (Å²) in [4.78, 5) is 16.2. The van der Waals surface area contributed by atoms with Crippen LogP contribution in [0.25, 0.3) is 5.95 Å². The molecule has 9 nitrogen and oxygen atoms in total. The van der Waals surface area contributed by atoms with Crippen LogP contribution in [0.4, 0.5) is 5.95 Å². The molecule has 20 heavy (non-hydrogen) atoms. The minimum atomic E-state index is 0.226. The predicted octanol–water partition coefficient (Wildman–Crippen LogP) is 0.307. The van der Waals surface area contributed by atoms with Crippen molar-refractivity contribution < 1.29 is 4.74 Å². The number of hydrogen-bond acceptors (Lipinski definition) is 8. The number of nitrogen functional groups attached to an aromatic ring is 1.